The molecule has 12 nitrogen and oxygen atoms in total. The van der Waals surface area contributed by atoms with Crippen molar-refractivity contribution in [2.75, 3.05) is 19.8 Å². The van der Waals surface area contributed by atoms with Crippen LogP contribution in [0, 0.1) is 46.3 Å². The summed E-state index contributed by atoms with van der Waals surface area (Å²) in [5.41, 5.74) is 1.93. The Hall–Kier alpha value is -0.740. The molecule has 4 heterocycles. The van der Waals surface area contributed by atoms with E-state index in [1.165, 1.54) is 44.2 Å². The SMILES string of the molecule is C[C@H]1CC[C@@H]2[C@@H](C)[C@H]3[C@H](C[C@H]4[C@@H]5CC=C6C[C@@H](O[C@@H]7O[C@H](CO)[C@H](O)[C@H](O[C@@H]8O[C@H](CO)[C@@H](O)[C@H](O)[C@H]8O)[C@H]7O)CC[C@]6(C)[C@H]5CC[C@]34C)N2C1. The largest absolute Gasteiger partial charge is 0.394 e. The maximum atomic E-state index is 11.4. The van der Waals surface area contributed by atoms with Crippen LogP contribution < -0.4 is 0 Å². The second kappa shape index (κ2) is 13.8. The zero-order valence-electron chi connectivity index (χ0n) is 30.7. The summed E-state index contributed by atoms with van der Waals surface area (Å²) in [4.78, 5) is 2.96. The molecule has 0 bridgehead atoms. The molecule has 0 amide bonds. The summed E-state index contributed by atoms with van der Waals surface area (Å²) in [7, 11) is 0. The molecular weight excluding hydrogens is 658 g/mol. The number of aliphatic hydroxyl groups excluding tert-OH is 7. The second-order valence-corrected chi connectivity index (χ2v) is 18.4. The lowest BCUT2D eigenvalue weighted by Crippen LogP contribution is -2.65. The molecule has 4 aliphatic carbocycles. The van der Waals surface area contributed by atoms with Crippen molar-refractivity contribution in [3.8, 4) is 0 Å². The van der Waals surface area contributed by atoms with Crippen molar-refractivity contribution in [3.05, 3.63) is 11.6 Å². The van der Waals surface area contributed by atoms with Crippen molar-refractivity contribution in [2.45, 2.75) is 165 Å². The van der Waals surface area contributed by atoms with E-state index in [0.717, 1.165) is 55.0 Å². The highest BCUT2D eigenvalue weighted by Gasteiger charge is 2.66. The predicted molar refractivity (Wildman–Crippen MR) is 184 cm³/mol. The van der Waals surface area contributed by atoms with Gasteiger partial charge in [-0.2, -0.15) is 0 Å². The Morgan fingerprint density at radius 3 is 2.22 bits per heavy atom. The van der Waals surface area contributed by atoms with E-state index >= 15 is 0 Å². The third kappa shape index (κ3) is 5.84. The van der Waals surface area contributed by atoms with E-state index in [-0.39, 0.29) is 11.5 Å². The van der Waals surface area contributed by atoms with Gasteiger partial charge in [-0.05, 0) is 104 Å². The summed E-state index contributed by atoms with van der Waals surface area (Å²) >= 11 is 0. The van der Waals surface area contributed by atoms with Gasteiger partial charge in [-0.15, -0.1) is 0 Å². The summed E-state index contributed by atoms with van der Waals surface area (Å²) in [6.07, 6.45) is -2.09. The van der Waals surface area contributed by atoms with E-state index in [2.05, 4.69) is 38.7 Å². The van der Waals surface area contributed by atoms with Crippen LogP contribution in [0.2, 0.25) is 0 Å². The molecule has 0 unspecified atom stereocenters. The summed E-state index contributed by atoms with van der Waals surface area (Å²) in [5.74, 6) is 4.47. The molecular formula is C39H63NO11. The Morgan fingerprint density at radius 2 is 1.49 bits per heavy atom. The highest BCUT2D eigenvalue weighted by atomic mass is 16.7. The Morgan fingerprint density at radius 1 is 0.784 bits per heavy atom. The van der Waals surface area contributed by atoms with Crippen LogP contribution in [0.25, 0.3) is 0 Å². The van der Waals surface area contributed by atoms with Crippen LogP contribution in [0.1, 0.15) is 85.5 Å². The van der Waals surface area contributed by atoms with Crippen molar-refractivity contribution in [1.82, 2.24) is 4.90 Å². The van der Waals surface area contributed by atoms with Gasteiger partial charge in [0, 0.05) is 18.6 Å². The average Bonchev–Trinajstić information content (AvgIpc) is 3.58. The zero-order chi connectivity index (χ0) is 36.1. The number of piperidine rings is 1. The van der Waals surface area contributed by atoms with Gasteiger partial charge < -0.3 is 54.7 Å². The Kier molecular flexibility index (Phi) is 10.0. The molecule has 0 aromatic rings. The molecule has 51 heavy (non-hydrogen) atoms. The van der Waals surface area contributed by atoms with Crippen LogP contribution >= 0.6 is 0 Å². The minimum Gasteiger partial charge on any atom is -0.394 e. The molecule has 4 saturated heterocycles. The smallest absolute Gasteiger partial charge is 0.187 e. The fraction of sp³-hybridized carbons (Fsp3) is 0.949. The quantitative estimate of drug-likeness (QED) is 0.196. The van der Waals surface area contributed by atoms with Gasteiger partial charge in [0.2, 0.25) is 0 Å². The first-order chi connectivity index (χ1) is 24.3. The molecule has 7 N–H and O–H groups in total. The highest BCUT2D eigenvalue weighted by molar-refractivity contribution is 5.27. The second-order valence-electron chi connectivity index (χ2n) is 18.4. The number of hydrogen-bond donors (Lipinski definition) is 7. The number of fused-ring (bicyclic) bond motifs is 9. The first kappa shape index (κ1) is 37.2. The third-order valence-electron chi connectivity index (χ3n) is 16.0. The molecule has 0 aromatic carbocycles. The highest BCUT2D eigenvalue weighted by Crippen LogP contribution is 2.70. The minimum atomic E-state index is -1.72. The van der Waals surface area contributed by atoms with Crippen LogP contribution in [0.3, 0.4) is 0 Å². The summed E-state index contributed by atoms with van der Waals surface area (Å²) in [6, 6.07) is 1.51. The van der Waals surface area contributed by atoms with Gasteiger partial charge in [0.05, 0.1) is 19.3 Å². The Bertz CT molecular complexity index is 1300. The number of nitrogens with zero attached hydrogens (tertiary/aromatic N) is 1. The van der Waals surface area contributed by atoms with Crippen LogP contribution in [0.4, 0.5) is 0 Å². The monoisotopic (exact) mass is 721 g/mol. The summed E-state index contributed by atoms with van der Waals surface area (Å²) in [5, 5.41) is 72.9. The Labute approximate surface area is 302 Å². The summed E-state index contributed by atoms with van der Waals surface area (Å²) < 4.78 is 23.6. The van der Waals surface area contributed by atoms with Gasteiger partial charge in [-0.3, -0.25) is 4.90 Å². The van der Waals surface area contributed by atoms with E-state index < -0.39 is 74.6 Å². The maximum absolute atomic E-state index is 11.4. The third-order valence-corrected chi connectivity index (χ3v) is 16.0. The van der Waals surface area contributed by atoms with E-state index in [1.54, 1.807) is 0 Å². The molecule has 0 spiro atoms. The Balaban J connectivity index is 0.951. The van der Waals surface area contributed by atoms with Crippen molar-refractivity contribution in [1.29, 1.82) is 0 Å². The van der Waals surface area contributed by atoms with Crippen molar-refractivity contribution >= 4 is 0 Å². The van der Waals surface area contributed by atoms with E-state index in [4.69, 9.17) is 18.9 Å². The number of ether oxygens (including phenoxy) is 4. The lowest BCUT2D eigenvalue weighted by Gasteiger charge is -2.58. The van der Waals surface area contributed by atoms with Crippen molar-refractivity contribution in [3.63, 3.8) is 0 Å². The number of hydrogen-bond acceptors (Lipinski definition) is 12. The lowest BCUT2D eigenvalue weighted by atomic mass is 9.47. The predicted octanol–water partition coefficient (Wildman–Crippen LogP) is 1.30. The fourth-order valence-electron chi connectivity index (χ4n) is 13.3. The minimum absolute atomic E-state index is 0.0974. The van der Waals surface area contributed by atoms with E-state index in [1.807, 2.05) is 0 Å². The molecule has 8 aliphatic rings. The molecule has 21 atom stereocenters. The normalized spacial score (nSPS) is 57.1. The molecule has 3 saturated carbocycles. The topological polar surface area (TPSA) is 182 Å². The number of allylic oxidation sites excluding steroid dienone is 1. The van der Waals surface area contributed by atoms with Crippen LogP contribution in [-0.4, -0.2) is 140 Å². The number of rotatable bonds is 6. The zero-order valence-corrected chi connectivity index (χ0v) is 30.7. The lowest BCUT2D eigenvalue weighted by molar-refractivity contribution is -0.364. The maximum Gasteiger partial charge on any atom is 0.187 e. The first-order valence-corrected chi connectivity index (χ1v) is 20.0. The van der Waals surface area contributed by atoms with Gasteiger partial charge in [-0.25, -0.2) is 0 Å². The van der Waals surface area contributed by atoms with E-state index in [0.29, 0.717) is 23.7 Å². The van der Waals surface area contributed by atoms with Gasteiger partial charge >= 0.3 is 0 Å². The average molecular weight is 722 g/mol. The molecule has 0 aromatic heterocycles. The molecule has 12 heteroatoms. The molecule has 8 rings (SSSR count). The molecule has 290 valence electrons. The van der Waals surface area contributed by atoms with Gasteiger partial charge in [0.25, 0.3) is 0 Å². The number of aliphatic hydroxyl groups is 7. The fourth-order valence-corrected chi connectivity index (χ4v) is 13.3. The van der Waals surface area contributed by atoms with Crippen LogP contribution in [0.5, 0.6) is 0 Å². The van der Waals surface area contributed by atoms with Gasteiger partial charge in [0.15, 0.2) is 12.6 Å². The standard InChI is InChI=1S/C39H63NO11/c1-18-5-8-25-19(2)29-26(40(25)15-18)14-24-22-7-6-20-13-21(9-11-38(20,3)23(22)10-12-39(24,29)4)48-37-34(47)35(31(44)28(17-42)50-37)51-36-33(46)32(45)30(43)27(16-41)49-36/h6,18-19,21-37,41-47H,5,7-17H2,1-4H3/t18-,19+,21-,22+,23-,24-,25+,26-,27+,28+,29-,30+,31-,32-,33+,34+,35-,36-,37+,38-,39-/m0/s1. The molecule has 0 radical (unpaired) electrons. The van der Waals surface area contributed by atoms with Gasteiger partial charge in [0.1, 0.15) is 48.8 Å². The summed E-state index contributed by atoms with van der Waals surface area (Å²) in [6.45, 7) is 10.2. The van der Waals surface area contributed by atoms with Gasteiger partial charge in [-0.1, -0.05) is 39.3 Å². The van der Waals surface area contributed by atoms with Crippen molar-refractivity contribution in [2.24, 2.45) is 46.3 Å². The van der Waals surface area contributed by atoms with Crippen LogP contribution in [-0.2, 0) is 18.9 Å². The van der Waals surface area contributed by atoms with Crippen molar-refractivity contribution < 1.29 is 54.7 Å². The molecule has 7 fully saturated rings. The van der Waals surface area contributed by atoms with E-state index in [9.17, 15) is 35.7 Å². The molecule has 4 aliphatic heterocycles. The first-order valence-electron chi connectivity index (χ1n) is 20.0. The van der Waals surface area contributed by atoms with Crippen LogP contribution in [0.15, 0.2) is 11.6 Å².